The molecule has 146 valence electrons. The minimum Gasteiger partial charge on any atom is -0.340 e. The van der Waals surface area contributed by atoms with Crippen LogP contribution in [0, 0.1) is 0 Å². The topological polar surface area (TPSA) is 96.9 Å². The standard InChI is InChI=1S/C21H19N5O2S/c1-2-29(27,28)18-7-3-6-16(12-18)25-20-13-21(24-14-23-20)26-17-8-9-19-15(11-17)5-4-10-22-19/h3-14H,2H2,1H3,(H2,23,24,25,26). The molecular formula is C21H19N5O2S. The smallest absolute Gasteiger partial charge is 0.178 e. The van der Waals surface area contributed by atoms with Crippen molar-refractivity contribution in [3.8, 4) is 0 Å². The number of pyridine rings is 1. The monoisotopic (exact) mass is 405 g/mol. The number of aromatic nitrogens is 3. The molecule has 0 radical (unpaired) electrons. The summed E-state index contributed by atoms with van der Waals surface area (Å²) in [4.78, 5) is 13.1. The van der Waals surface area contributed by atoms with E-state index in [-0.39, 0.29) is 10.6 Å². The number of rotatable bonds is 6. The molecule has 0 atom stereocenters. The summed E-state index contributed by atoms with van der Waals surface area (Å²) in [6, 6.07) is 18.2. The number of sulfone groups is 1. The molecule has 0 amide bonds. The zero-order valence-corrected chi connectivity index (χ0v) is 16.5. The minimum absolute atomic E-state index is 0.0549. The van der Waals surface area contributed by atoms with Gasteiger partial charge in [0.15, 0.2) is 9.84 Å². The van der Waals surface area contributed by atoms with Crippen molar-refractivity contribution in [1.82, 2.24) is 15.0 Å². The molecule has 0 aliphatic rings. The number of benzene rings is 2. The van der Waals surface area contributed by atoms with Crippen LogP contribution in [0.15, 0.2) is 78.1 Å². The molecule has 2 aromatic carbocycles. The number of fused-ring (bicyclic) bond motifs is 1. The lowest BCUT2D eigenvalue weighted by molar-refractivity contribution is 0.597. The molecule has 0 spiro atoms. The average molecular weight is 405 g/mol. The van der Waals surface area contributed by atoms with Crippen LogP contribution in [-0.4, -0.2) is 29.1 Å². The van der Waals surface area contributed by atoms with Crippen molar-refractivity contribution < 1.29 is 8.42 Å². The van der Waals surface area contributed by atoms with Gasteiger partial charge in [-0.3, -0.25) is 4.98 Å². The first-order valence-corrected chi connectivity index (χ1v) is 10.7. The van der Waals surface area contributed by atoms with Crippen molar-refractivity contribution in [2.45, 2.75) is 11.8 Å². The molecule has 0 aliphatic carbocycles. The van der Waals surface area contributed by atoms with Crippen LogP contribution in [-0.2, 0) is 9.84 Å². The average Bonchev–Trinajstić information content (AvgIpc) is 2.74. The van der Waals surface area contributed by atoms with E-state index in [1.54, 1.807) is 43.5 Å². The molecule has 4 rings (SSSR count). The van der Waals surface area contributed by atoms with Gasteiger partial charge in [-0.2, -0.15) is 0 Å². The van der Waals surface area contributed by atoms with Gasteiger partial charge in [-0.05, 0) is 42.5 Å². The van der Waals surface area contributed by atoms with Crippen LogP contribution in [0.1, 0.15) is 6.92 Å². The second-order valence-corrected chi connectivity index (χ2v) is 8.66. The molecule has 0 saturated carbocycles. The van der Waals surface area contributed by atoms with E-state index < -0.39 is 9.84 Å². The molecule has 4 aromatic rings. The highest BCUT2D eigenvalue weighted by atomic mass is 32.2. The quantitative estimate of drug-likeness (QED) is 0.493. The van der Waals surface area contributed by atoms with Crippen LogP contribution in [0.2, 0.25) is 0 Å². The van der Waals surface area contributed by atoms with Crippen molar-refractivity contribution in [2.24, 2.45) is 0 Å². The highest BCUT2D eigenvalue weighted by Crippen LogP contribution is 2.23. The van der Waals surface area contributed by atoms with E-state index in [1.165, 1.54) is 6.33 Å². The predicted molar refractivity (Wildman–Crippen MR) is 115 cm³/mol. The Bertz CT molecular complexity index is 1270. The molecule has 29 heavy (non-hydrogen) atoms. The lowest BCUT2D eigenvalue weighted by Crippen LogP contribution is -2.04. The Balaban J connectivity index is 1.55. The van der Waals surface area contributed by atoms with Gasteiger partial charge in [-0.25, -0.2) is 18.4 Å². The Labute approximate surface area is 168 Å². The first-order chi connectivity index (χ1) is 14.0. The molecule has 0 saturated heterocycles. The fraction of sp³-hybridized carbons (Fsp3) is 0.0952. The highest BCUT2D eigenvalue weighted by molar-refractivity contribution is 7.91. The SMILES string of the molecule is CCS(=O)(=O)c1cccc(Nc2cc(Nc3ccc4ncccc4c3)ncn2)c1. The second-order valence-electron chi connectivity index (χ2n) is 6.38. The summed E-state index contributed by atoms with van der Waals surface area (Å²) in [6.07, 6.45) is 3.21. The summed E-state index contributed by atoms with van der Waals surface area (Å²) in [5.74, 6) is 1.22. The van der Waals surface area contributed by atoms with Crippen molar-refractivity contribution >= 4 is 43.8 Å². The highest BCUT2D eigenvalue weighted by Gasteiger charge is 2.12. The molecule has 0 bridgehead atoms. The number of hydrogen-bond acceptors (Lipinski definition) is 7. The van der Waals surface area contributed by atoms with Crippen molar-refractivity contribution in [1.29, 1.82) is 0 Å². The third-order valence-corrected chi connectivity index (χ3v) is 6.12. The Morgan fingerprint density at radius 3 is 2.34 bits per heavy atom. The number of nitrogens with one attached hydrogen (secondary N) is 2. The summed E-state index contributed by atoms with van der Waals surface area (Å²) in [7, 11) is -3.27. The molecule has 2 heterocycles. The Morgan fingerprint density at radius 1 is 0.828 bits per heavy atom. The molecule has 7 nitrogen and oxygen atoms in total. The lowest BCUT2D eigenvalue weighted by Gasteiger charge is -2.10. The van der Waals surface area contributed by atoms with Gasteiger partial charge in [-0.15, -0.1) is 0 Å². The van der Waals surface area contributed by atoms with Crippen molar-refractivity contribution in [2.75, 3.05) is 16.4 Å². The zero-order valence-electron chi connectivity index (χ0n) is 15.7. The fourth-order valence-electron chi connectivity index (χ4n) is 2.88. The van der Waals surface area contributed by atoms with Crippen LogP contribution in [0.4, 0.5) is 23.0 Å². The van der Waals surface area contributed by atoms with E-state index >= 15 is 0 Å². The van der Waals surface area contributed by atoms with Crippen LogP contribution in [0.3, 0.4) is 0 Å². The van der Waals surface area contributed by atoms with Gasteiger partial charge in [-0.1, -0.05) is 19.1 Å². The van der Waals surface area contributed by atoms with Crippen molar-refractivity contribution in [3.63, 3.8) is 0 Å². The number of anilines is 4. The van der Waals surface area contributed by atoms with Gasteiger partial charge in [0.25, 0.3) is 0 Å². The van der Waals surface area contributed by atoms with Gasteiger partial charge in [0, 0.05) is 29.0 Å². The zero-order chi connectivity index (χ0) is 20.3. The van der Waals surface area contributed by atoms with Gasteiger partial charge in [0.1, 0.15) is 18.0 Å². The van der Waals surface area contributed by atoms with Crippen LogP contribution in [0.5, 0.6) is 0 Å². The van der Waals surface area contributed by atoms with E-state index in [0.29, 0.717) is 17.3 Å². The Kier molecular flexibility index (Phi) is 5.09. The van der Waals surface area contributed by atoms with Crippen LogP contribution < -0.4 is 10.6 Å². The summed E-state index contributed by atoms with van der Waals surface area (Å²) in [5, 5.41) is 7.41. The molecule has 2 aromatic heterocycles. The predicted octanol–water partition coefficient (Wildman–Crippen LogP) is 4.31. The fourth-order valence-corrected chi connectivity index (χ4v) is 3.80. The maximum absolute atomic E-state index is 12.1. The van der Waals surface area contributed by atoms with E-state index in [9.17, 15) is 8.42 Å². The normalized spacial score (nSPS) is 11.3. The van der Waals surface area contributed by atoms with E-state index in [0.717, 1.165) is 16.6 Å². The third kappa shape index (κ3) is 4.33. The minimum atomic E-state index is -3.27. The lowest BCUT2D eigenvalue weighted by atomic mass is 10.2. The molecule has 0 unspecified atom stereocenters. The molecule has 8 heteroatoms. The Morgan fingerprint density at radius 2 is 1.59 bits per heavy atom. The van der Waals surface area contributed by atoms with Crippen LogP contribution in [0.25, 0.3) is 10.9 Å². The van der Waals surface area contributed by atoms with Gasteiger partial charge in [0.05, 0.1) is 16.2 Å². The summed E-state index contributed by atoms with van der Waals surface area (Å²) < 4.78 is 24.2. The molecule has 0 fully saturated rings. The number of nitrogens with zero attached hydrogens (tertiary/aromatic N) is 3. The first-order valence-electron chi connectivity index (χ1n) is 9.07. The summed E-state index contributed by atoms with van der Waals surface area (Å²) >= 11 is 0. The van der Waals surface area contributed by atoms with Gasteiger partial charge >= 0.3 is 0 Å². The molecule has 2 N–H and O–H groups in total. The molecule has 0 aliphatic heterocycles. The molecular weight excluding hydrogens is 386 g/mol. The maximum atomic E-state index is 12.1. The van der Waals surface area contributed by atoms with Gasteiger partial charge < -0.3 is 10.6 Å². The number of hydrogen-bond donors (Lipinski definition) is 2. The largest absolute Gasteiger partial charge is 0.340 e. The third-order valence-electron chi connectivity index (χ3n) is 4.39. The Hall–Kier alpha value is -3.52. The van der Waals surface area contributed by atoms with E-state index in [2.05, 4.69) is 25.6 Å². The second kappa shape index (κ2) is 7.84. The summed E-state index contributed by atoms with van der Waals surface area (Å²) in [5.41, 5.74) is 2.44. The first kappa shape index (κ1) is 18.8. The summed E-state index contributed by atoms with van der Waals surface area (Å²) in [6.45, 7) is 1.63. The maximum Gasteiger partial charge on any atom is 0.178 e. The van der Waals surface area contributed by atoms with Crippen LogP contribution >= 0.6 is 0 Å². The van der Waals surface area contributed by atoms with E-state index in [1.807, 2.05) is 30.3 Å². The van der Waals surface area contributed by atoms with E-state index in [4.69, 9.17) is 0 Å². The van der Waals surface area contributed by atoms with Crippen molar-refractivity contribution in [3.05, 3.63) is 73.2 Å². The van der Waals surface area contributed by atoms with Gasteiger partial charge in [0.2, 0.25) is 0 Å².